The van der Waals surface area contributed by atoms with Gasteiger partial charge in [-0.1, -0.05) is 13.3 Å². The largest absolute Gasteiger partial charge is 0.490 e. The minimum atomic E-state index is -0.585. The van der Waals surface area contributed by atoms with Crippen LogP contribution < -0.4 is 9.47 Å². The third kappa shape index (κ3) is 2.95. The zero-order chi connectivity index (χ0) is 12.0. The number of methoxy groups -OCH3 is 1. The second kappa shape index (κ2) is 6.10. The zero-order valence-electron chi connectivity index (χ0n) is 9.46. The first-order chi connectivity index (χ1) is 7.72. The summed E-state index contributed by atoms with van der Waals surface area (Å²) in [5.41, 5.74) is 0.241. The quantitative estimate of drug-likeness (QED) is 0.552. The van der Waals surface area contributed by atoms with Crippen molar-refractivity contribution in [3.63, 3.8) is 0 Å². The molecule has 0 heterocycles. The molecule has 3 nitrogen and oxygen atoms in total. The molecule has 0 bridgehead atoms. The van der Waals surface area contributed by atoms with Crippen LogP contribution in [0.25, 0.3) is 0 Å². The summed E-state index contributed by atoms with van der Waals surface area (Å²) in [4.78, 5) is 10.6. The Balaban J connectivity index is 2.93. The smallest absolute Gasteiger partial charge is 0.196 e. The molecule has 0 aliphatic heterocycles. The van der Waals surface area contributed by atoms with Crippen molar-refractivity contribution in [2.24, 2.45) is 0 Å². The third-order valence-electron chi connectivity index (χ3n) is 2.13. The molecule has 16 heavy (non-hydrogen) atoms. The molecule has 0 unspecified atom stereocenters. The van der Waals surface area contributed by atoms with Crippen LogP contribution in [0, 0.1) is 5.82 Å². The first-order valence-corrected chi connectivity index (χ1v) is 5.18. The molecule has 0 fully saturated rings. The van der Waals surface area contributed by atoms with Crippen LogP contribution in [0.4, 0.5) is 4.39 Å². The van der Waals surface area contributed by atoms with Crippen LogP contribution >= 0.6 is 0 Å². The van der Waals surface area contributed by atoms with E-state index in [0.717, 1.165) is 18.9 Å². The summed E-state index contributed by atoms with van der Waals surface area (Å²) in [6.07, 6.45) is 2.43. The van der Waals surface area contributed by atoms with Gasteiger partial charge in [-0.15, -0.1) is 0 Å². The summed E-state index contributed by atoms with van der Waals surface area (Å²) in [5.74, 6) is -0.265. The van der Waals surface area contributed by atoms with E-state index in [2.05, 4.69) is 0 Å². The van der Waals surface area contributed by atoms with E-state index in [4.69, 9.17) is 9.47 Å². The monoisotopic (exact) mass is 226 g/mol. The fourth-order valence-corrected chi connectivity index (χ4v) is 1.29. The van der Waals surface area contributed by atoms with Crippen molar-refractivity contribution >= 4 is 6.29 Å². The van der Waals surface area contributed by atoms with Crippen molar-refractivity contribution in [2.75, 3.05) is 13.7 Å². The van der Waals surface area contributed by atoms with Crippen molar-refractivity contribution < 1.29 is 18.7 Å². The lowest BCUT2D eigenvalue weighted by Crippen LogP contribution is -2.01. The van der Waals surface area contributed by atoms with Gasteiger partial charge in [0, 0.05) is 5.56 Å². The highest BCUT2D eigenvalue weighted by Crippen LogP contribution is 2.31. The van der Waals surface area contributed by atoms with Gasteiger partial charge in [0.05, 0.1) is 13.7 Å². The van der Waals surface area contributed by atoms with Gasteiger partial charge in [-0.25, -0.2) is 4.39 Å². The van der Waals surface area contributed by atoms with E-state index in [9.17, 15) is 9.18 Å². The summed E-state index contributed by atoms with van der Waals surface area (Å²) in [7, 11) is 1.37. The lowest BCUT2D eigenvalue weighted by Gasteiger charge is -2.11. The summed E-state index contributed by atoms with van der Waals surface area (Å²) < 4.78 is 23.7. The number of halogens is 1. The average molecular weight is 226 g/mol. The van der Waals surface area contributed by atoms with Gasteiger partial charge in [0.25, 0.3) is 0 Å². The van der Waals surface area contributed by atoms with Gasteiger partial charge in [0.1, 0.15) is 6.29 Å². The molecule has 4 heteroatoms. The van der Waals surface area contributed by atoms with Gasteiger partial charge < -0.3 is 9.47 Å². The third-order valence-corrected chi connectivity index (χ3v) is 2.13. The number of aldehydes is 1. The standard InChI is InChI=1S/C12H15FO3/c1-3-4-5-16-11-7-9(8-14)6-10(13)12(11)15-2/h6-8H,3-5H2,1-2H3. The van der Waals surface area contributed by atoms with Gasteiger partial charge in [-0.2, -0.15) is 0 Å². The summed E-state index contributed by atoms with van der Waals surface area (Å²) in [5, 5.41) is 0. The number of carbonyl (C=O) groups is 1. The molecule has 0 saturated heterocycles. The second-order valence-electron chi connectivity index (χ2n) is 3.35. The van der Waals surface area contributed by atoms with E-state index in [1.165, 1.54) is 13.2 Å². The molecule has 1 aromatic carbocycles. The highest BCUT2D eigenvalue weighted by molar-refractivity contribution is 5.76. The van der Waals surface area contributed by atoms with Crippen molar-refractivity contribution in [3.05, 3.63) is 23.5 Å². The minimum absolute atomic E-state index is 0.0432. The molecule has 0 saturated carbocycles. The maximum absolute atomic E-state index is 13.4. The maximum atomic E-state index is 13.4. The molecule has 0 aromatic heterocycles. The fourth-order valence-electron chi connectivity index (χ4n) is 1.29. The maximum Gasteiger partial charge on any atom is 0.196 e. The first kappa shape index (κ1) is 12.5. The molecule has 0 amide bonds. The van der Waals surface area contributed by atoms with Crippen LogP contribution in [0.5, 0.6) is 11.5 Å². The van der Waals surface area contributed by atoms with E-state index in [-0.39, 0.29) is 17.1 Å². The minimum Gasteiger partial charge on any atom is -0.490 e. The topological polar surface area (TPSA) is 35.5 Å². The predicted molar refractivity (Wildman–Crippen MR) is 58.7 cm³/mol. The number of benzene rings is 1. The van der Waals surface area contributed by atoms with E-state index in [1.54, 1.807) is 0 Å². The number of carbonyl (C=O) groups excluding carboxylic acids is 1. The predicted octanol–water partition coefficient (Wildman–Crippen LogP) is 2.83. The molecule has 0 aliphatic rings. The Hall–Kier alpha value is -1.58. The molecule has 0 atom stereocenters. The second-order valence-corrected chi connectivity index (χ2v) is 3.35. The lowest BCUT2D eigenvalue weighted by atomic mass is 10.2. The Morgan fingerprint density at radius 2 is 2.19 bits per heavy atom. The number of rotatable bonds is 6. The van der Waals surface area contributed by atoms with E-state index >= 15 is 0 Å². The SMILES string of the molecule is CCCCOc1cc(C=O)cc(F)c1OC. The fraction of sp³-hybridized carbons (Fsp3) is 0.417. The van der Waals surface area contributed by atoms with Gasteiger partial charge in [-0.3, -0.25) is 4.79 Å². The Labute approximate surface area is 94.2 Å². The highest BCUT2D eigenvalue weighted by Gasteiger charge is 2.12. The van der Waals surface area contributed by atoms with Crippen LogP contribution in [-0.2, 0) is 0 Å². The van der Waals surface area contributed by atoms with Crippen molar-refractivity contribution in [1.29, 1.82) is 0 Å². The molecular formula is C12H15FO3. The number of hydrogen-bond donors (Lipinski definition) is 0. The summed E-state index contributed by atoms with van der Waals surface area (Å²) in [6.45, 7) is 2.51. The molecule has 1 rings (SSSR count). The molecule has 0 aliphatic carbocycles. The normalized spacial score (nSPS) is 9.94. The lowest BCUT2D eigenvalue weighted by molar-refractivity contribution is 0.112. The number of hydrogen-bond acceptors (Lipinski definition) is 3. The van der Waals surface area contributed by atoms with Crippen LogP contribution in [-0.4, -0.2) is 20.0 Å². The van der Waals surface area contributed by atoms with Crippen LogP contribution in [0.15, 0.2) is 12.1 Å². The summed E-state index contributed by atoms with van der Waals surface area (Å²) >= 11 is 0. The molecular weight excluding hydrogens is 211 g/mol. The van der Waals surface area contributed by atoms with E-state index in [1.807, 2.05) is 6.92 Å². The van der Waals surface area contributed by atoms with E-state index in [0.29, 0.717) is 12.9 Å². The van der Waals surface area contributed by atoms with Gasteiger partial charge in [0.15, 0.2) is 17.3 Å². The van der Waals surface area contributed by atoms with Crippen molar-refractivity contribution in [1.82, 2.24) is 0 Å². The number of unbranched alkanes of at least 4 members (excludes halogenated alkanes) is 1. The number of ether oxygens (including phenoxy) is 2. The highest BCUT2D eigenvalue weighted by atomic mass is 19.1. The van der Waals surface area contributed by atoms with Crippen LogP contribution in [0.1, 0.15) is 30.1 Å². The first-order valence-electron chi connectivity index (χ1n) is 5.18. The van der Waals surface area contributed by atoms with Gasteiger partial charge in [-0.05, 0) is 18.6 Å². The Kier molecular flexibility index (Phi) is 4.76. The average Bonchev–Trinajstić information content (AvgIpc) is 2.29. The molecule has 0 radical (unpaired) electrons. The molecule has 88 valence electrons. The molecule has 1 aromatic rings. The van der Waals surface area contributed by atoms with Crippen LogP contribution in [0.2, 0.25) is 0 Å². The molecule has 0 spiro atoms. The Morgan fingerprint density at radius 3 is 2.75 bits per heavy atom. The van der Waals surface area contributed by atoms with Gasteiger partial charge in [0.2, 0.25) is 0 Å². The van der Waals surface area contributed by atoms with E-state index < -0.39 is 5.82 Å². The van der Waals surface area contributed by atoms with Gasteiger partial charge >= 0.3 is 0 Å². The van der Waals surface area contributed by atoms with Crippen molar-refractivity contribution in [2.45, 2.75) is 19.8 Å². The van der Waals surface area contributed by atoms with Crippen LogP contribution in [0.3, 0.4) is 0 Å². The Morgan fingerprint density at radius 1 is 1.44 bits per heavy atom. The van der Waals surface area contributed by atoms with Crippen molar-refractivity contribution in [3.8, 4) is 11.5 Å². The zero-order valence-corrected chi connectivity index (χ0v) is 9.46. The Bertz CT molecular complexity index is 364. The summed E-state index contributed by atoms with van der Waals surface area (Å²) in [6, 6.07) is 2.60. The molecule has 0 N–H and O–H groups in total.